The van der Waals surface area contributed by atoms with E-state index in [2.05, 4.69) is 10.2 Å². The first-order valence-corrected chi connectivity index (χ1v) is 13.1. The number of nitrogens with zero attached hydrogens (tertiary/aromatic N) is 3. The summed E-state index contributed by atoms with van der Waals surface area (Å²) in [7, 11) is -0.844. The third kappa shape index (κ3) is 4.81. The zero-order valence-corrected chi connectivity index (χ0v) is 20.2. The monoisotopic (exact) mass is 482 g/mol. The van der Waals surface area contributed by atoms with Gasteiger partial charge in [-0.15, -0.1) is 0 Å². The maximum Gasteiger partial charge on any atom is 0.256 e. The molecule has 0 unspecified atom stereocenters. The lowest BCUT2D eigenvalue weighted by Gasteiger charge is -2.33. The van der Waals surface area contributed by atoms with E-state index in [1.54, 1.807) is 0 Å². The molecular formula is C22H31ClN4O4S. The molecule has 0 spiro atoms. The van der Waals surface area contributed by atoms with Crippen LogP contribution >= 0.6 is 11.6 Å². The second-order valence-corrected chi connectivity index (χ2v) is 11.7. The van der Waals surface area contributed by atoms with Crippen LogP contribution in [0.1, 0.15) is 48.9 Å². The lowest BCUT2D eigenvalue weighted by molar-refractivity contribution is -0.125. The highest BCUT2D eigenvalue weighted by atomic mass is 35.5. The van der Waals surface area contributed by atoms with E-state index < -0.39 is 22.0 Å². The molecule has 10 heteroatoms. The van der Waals surface area contributed by atoms with Crippen LogP contribution in [0, 0.1) is 0 Å². The van der Waals surface area contributed by atoms with Crippen molar-refractivity contribution in [1.82, 2.24) is 19.4 Å². The van der Waals surface area contributed by atoms with Crippen LogP contribution in [0.3, 0.4) is 0 Å². The van der Waals surface area contributed by atoms with Gasteiger partial charge in [0.05, 0.1) is 15.5 Å². The van der Waals surface area contributed by atoms with Crippen LogP contribution in [0.4, 0.5) is 0 Å². The summed E-state index contributed by atoms with van der Waals surface area (Å²) in [6, 6.07) is 4.43. The van der Waals surface area contributed by atoms with Crippen molar-refractivity contribution in [2.75, 3.05) is 33.7 Å². The van der Waals surface area contributed by atoms with E-state index >= 15 is 0 Å². The van der Waals surface area contributed by atoms with Gasteiger partial charge in [-0.25, -0.2) is 12.7 Å². The van der Waals surface area contributed by atoms with Gasteiger partial charge < -0.3 is 15.1 Å². The molecule has 1 saturated carbocycles. The topological polar surface area (TPSA) is 90.0 Å². The lowest BCUT2D eigenvalue weighted by atomic mass is 10.0. The van der Waals surface area contributed by atoms with Crippen molar-refractivity contribution in [3.05, 3.63) is 28.8 Å². The number of piperidine rings is 1. The molecular weight excluding hydrogens is 452 g/mol. The minimum absolute atomic E-state index is 0.00197. The molecule has 8 nitrogen and oxygen atoms in total. The number of hydrogen-bond acceptors (Lipinski definition) is 5. The largest absolute Gasteiger partial charge is 0.351 e. The first-order valence-electron chi connectivity index (χ1n) is 11.3. The fraction of sp³-hybridized carbons (Fsp3) is 0.636. The molecule has 0 aromatic heterocycles. The van der Waals surface area contributed by atoms with Crippen molar-refractivity contribution in [1.29, 1.82) is 0 Å². The van der Waals surface area contributed by atoms with Gasteiger partial charge >= 0.3 is 0 Å². The van der Waals surface area contributed by atoms with Gasteiger partial charge in [-0.3, -0.25) is 9.59 Å². The van der Waals surface area contributed by atoms with Gasteiger partial charge in [0.2, 0.25) is 15.9 Å². The molecule has 2 amide bonds. The normalized spacial score (nSPS) is 23.0. The highest BCUT2D eigenvalue weighted by molar-refractivity contribution is 7.89. The Morgan fingerprint density at radius 3 is 2.38 bits per heavy atom. The Morgan fingerprint density at radius 2 is 1.75 bits per heavy atom. The number of rotatable bonds is 6. The van der Waals surface area contributed by atoms with Gasteiger partial charge in [-0.2, -0.15) is 0 Å². The first kappa shape index (κ1) is 23.5. The van der Waals surface area contributed by atoms with Gasteiger partial charge in [0.1, 0.15) is 6.04 Å². The number of carbonyl (C=O) groups is 2. The molecule has 1 N–H and O–H groups in total. The number of halogens is 1. The third-order valence-electron chi connectivity index (χ3n) is 6.70. The number of carbonyl (C=O) groups excluding carboxylic acids is 2. The maximum atomic E-state index is 13.3. The fourth-order valence-corrected chi connectivity index (χ4v) is 5.75. The molecule has 2 heterocycles. The van der Waals surface area contributed by atoms with E-state index in [4.69, 9.17) is 11.6 Å². The van der Waals surface area contributed by atoms with E-state index in [-0.39, 0.29) is 27.4 Å². The number of sulfonamides is 1. The van der Waals surface area contributed by atoms with Crippen molar-refractivity contribution in [3.8, 4) is 0 Å². The van der Waals surface area contributed by atoms with Crippen molar-refractivity contribution in [2.45, 2.75) is 61.5 Å². The molecule has 1 aromatic rings. The van der Waals surface area contributed by atoms with E-state index in [1.807, 2.05) is 0 Å². The summed E-state index contributed by atoms with van der Waals surface area (Å²) >= 11 is 6.27. The van der Waals surface area contributed by atoms with E-state index in [0.717, 1.165) is 42.7 Å². The van der Waals surface area contributed by atoms with Gasteiger partial charge in [-0.1, -0.05) is 11.6 Å². The van der Waals surface area contributed by atoms with Crippen molar-refractivity contribution in [2.24, 2.45) is 0 Å². The molecule has 3 aliphatic rings. The van der Waals surface area contributed by atoms with E-state index in [9.17, 15) is 18.0 Å². The molecule has 0 bridgehead atoms. The Bertz CT molecular complexity index is 988. The Labute approximate surface area is 194 Å². The van der Waals surface area contributed by atoms with Crippen LogP contribution < -0.4 is 5.32 Å². The summed E-state index contributed by atoms with van der Waals surface area (Å²) in [4.78, 5) is 30.4. The average Bonchev–Trinajstić information content (AvgIpc) is 3.49. The van der Waals surface area contributed by atoms with Crippen LogP contribution in [-0.2, 0) is 14.8 Å². The number of benzene rings is 1. The van der Waals surface area contributed by atoms with Crippen LogP contribution in [0.25, 0.3) is 0 Å². The summed E-state index contributed by atoms with van der Waals surface area (Å²) in [6.07, 6.45) is 5.74. The number of nitrogens with one attached hydrogen (secondary N) is 1. The summed E-state index contributed by atoms with van der Waals surface area (Å²) < 4.78 is 26.1. The van der Waals surface area contributed by atoms with Gasteiger partial charge in [0, 0.05) is 45.8 Å². The molecule has 176 valence electrons. The van der Waals surface area contributed by atoms with E-state index in [0.29, 0.717) is 13.0 Å². The molecule has 2 saturated heterocycles. The van der Waals surface area contributed by atoms with Gasteiger partial charge in [0.25, 0.3) is 5.91 Å². The van der Waals surface area contributed by atoms with Gasteiger partial charge in [0.15, 0.2) is 0 Å². The first-order chi connectivity index (χ1) is 15.2. The number of amides is 2. The minimum atomic E-state index is -3.71. The fourth-order valence-electron chi connectivity index (χ4n) is 4.62. The Hall–Kier alpha value is -1.68. The van der Waals surface area contributed by atoms with Crippen LogP contribution in [-0.4, -0.2) is 86.2 Å². The standard InChI is InChI=1S/C22H31ClN4O4S/c1-25(2)32(30,31)17-7-8-19(23)18(14-17)22(29)27-11-3-4-20(27)21(28)24-15-9-12-26(13-10-15)16-5-6-16/h7-8,14-16,20H,3-6,9-13H2,1-2H3,(H,24,28)/t20-/m1/s1. The van der Waals surface area contributed by atoms with Crippen molar-refractivity contribution in [3.63, 3.8) is 0 Å². The molecule has 0 radical (unpaired) electrons. The molecule has 32 heavy (non-hydrogen) atoms. The zero-order valence-electron chi connectivity index (χ0n) is 18.6. The zero-order chi connectivity index (χ0) is 23.0. The highest BCUT2D eigenvalue weighted by Gasteiger charge is 2.37. The average molecular weight is 483 g/mol. The molecule has 2 aliphatic heterocycles. The van der Waals surface area contributed by atoms with E-state index in [1.165, 1.54) is 50.0 Å². The van der Waals surface area contributed by atoms with Crippen LogP contribution in [0.15, 0.2) is 23.1 Å². The second kappa shape index (κ2) is 9.29. The highest BCUT2D eigenvalue weighted by Crippen LogP contribution is 2.30. The summed E-state index contributed by atoms with van der Waals surface area (Å²) in [6.45, 7) is 2.45. The van der Waals surface area contributed by atoms with Crippen LogP contribution in [0.2, 0.25) is 5.02 Å². The summed E-state index contributed by atoms with van der Waals surface area (Å²) in [5, 5.41) is 3.32. The lowest BCUT2D eigenvalue weighted by Crippen LogP contribution is -2.51. The molecule has 1 aromatic carbocycles. The smallest absolute Gasteiger partial charge is 0.256 e. The van der Waals surface area contributed by atoms with Crippen LogP contribution in [0.5, 0.6) is 0 Å². The predicted molar refractivity (Wildman–Crippen MR) is 122 cm³/mol. The summed E-state index contributed by atoms with van der Waals surface area (Å²) in [5.41, 5.74) is 0.104. The predicted octanol–water partition coefficient (Wildman–Crippen LogP) is 1.94. The van der Waals surface area contributed by atoms with Gasteiger partial charge in [-0.05, 0) is 56.7 Å². The number of hydrogen-bond donors (Lipinski definition) is 1. The van der Waals surface area contributed by atoms with Crippen molar-refractivity contribution >= 4 is 33.4 Å². The SMILES string of the molecule is CN(C)S(=O)(=O)c1ccc(Cl)c(C(=O)N2CCC[C@@H]2C(=O)NC2CCN(C3CC3)CC2)c1. The maximum absolute atomic E-state index is 13.3. The Balaban J connectivity index is 1.45. The third-order valence-corrected chi connectivity index (χ3v) is 8.84. The quantitative estimate of drug-likeness (QED) is 0.669. The van der Waals surface area contributed by atoms with Crippen molar-refractivity contribution < 1.29 is 18.0 Å². The molecule has 3 fully saturated rings. The number of likely N-dealkylation sites (tertiary alicyclic amines) is 2. The Morgan fingerprint density at radius 1 is 1.06 bits per heavy atom. The minimum Gasteiger partial charge on any atom is -0.351 e. The Kier molecular flexibility index (Phi) is 6.81. The summed E-state index contributed by atoms with van der Waals surface area (Å²) in [5.74, 6) is -0.541. The molecule has 1 atom stereocenters. The molecule has 1 aliphatic carbocycles. The molecule has 4 rings (SSSR count). The second-order valence-electron chi connectivity index (χ2n) is 9.14.